The monoisotopic (exact) mass is 250 g/mol. The van der Waals surface area contributed by atoms with Crippen LogP contribution in [0.1, 0.15) is 31.5 Å². The molecule has 1 aromatic heterocycles. The number of amides is 1. The first-order valence-electron chi connectivity index (χ1n) is 6.68. The van der Waals surface area contributed by atoms with Crippen molar-refractivity contribution in [3.8, 4) is 0 Å². The highest BCUT2D eigenvalue weighted by molar-refractivity contribution is 5.75. The molecule has 2 rings (SSSR count). The van der Waals surface area contributed by atoms with E-state index in [4.69, 9.17) is 0 Å². The molecule has 100 valence electrons. The van der Waals surface area contributed by atoms with E-state index in [1.165, 1.54) is 12.8 Å². The van der Waals surface area contributed by atoms with Gasteiger partial charge in [-0.15, -0.1) is 0 Å². The molecule has 1 atom stereocenters. The second-order valence-electron chi connectivity index (χ2n) is 5.04. The molecule has 0 saturated carbocycles. The summed E-state index contributed by atoms with van der Waals surface area (Å²) >= 11 is 0. The average molecular weight is 250 g/mol. The Morgan fingerprint density at radius 1 is 1.61 bits per heavy atom. The quantitative estimate of drug-likeness (QED) is 0.824. The van der Waals surface area contributed by atoms with Crippen molar-refractivity contribution < 1.29 is 4.79 Å². The Balaban J connectivity index is 1.70. The molecule has 18 heavy (non-hydrogen) atoms. The molecule has 0 bridgehead atoms. The number of aromatic nitrogens is 2. The van der Waals surface area contributed by atoms with E-state index >= 15 is 0 Å². The van der Waals surface area contributed by atoms with Gasteiger partial charge in [0.2, 0.25) is 5.91 Å². The Morgan fingerprint density at radius 2 is 2.50 bits per heavy atom. The zero-order valence-corrected chi connectivity index (χ0v) is 11.0. The highest BCUT2D eigenvalue weighted by Crippen LogP contribution is 2.16. The standard InChI is InChI=1S/C13H22N4O/c1-17(10-12-15-7-8-16-12)13(18)5-4-11-3-2-6-14-9-11/h7-8,11,14H,2-6,9-10H2,1H3,(H,15,16). The number of carbonyl (C=O) groups excluding carboxylic acids is 1. The summed E-state index contributed by atoms with van der Waals surface area (Å²) in [5.41, 5.74) is 0. The molecule has 1 fully saturated rings. The van der Waals surface area contributed by atoms with Crippen molar-refractivity contribution in [1.29, 1.82) is 0 Å². The minimum Gasteiger partial charge on any atom is -0.347 e. The maximum Gasteiger partial charge on any atom is 0.222 e. The van der Waals surface area contributed by atoms with Gasteiger partial charge in [0, 0.05) is 25.9 Å². The first-order chi connectivity index (χ1) is 8.75. The van der Waals surface area contributed by atoms with Gasteiger partial charge in [0.1, 0.15) is 5.82 Å². The van der Waals surface area contributed by atoms with Crippen LogP contribution in [-0.4, -0.2) is 40.9 Å². The highest BCUT2D eigenvalue weighted by atomic mass is 16.2. The summed E-state index contributed by atoms with van der Waals surface area (Å²) in [6, 6.07) is 0. The fourth-order valence-electron chi connectivity index (χ4n) is 2.39. The Hall–Kier alpha value is -1.36. The summed E-state index contributed by atoms with van der Waals surface area (Å²) in [5.74, 6) is 1.71. The van der Waals surface area contributed by atoms with Crippen LogP contribution >= 0.6 is 0 Å². The number of piperidine rings is 1. The van der Waals surface area contributed by atoms with Crippen molar-refractivity contribution in [2.24, 2.45) is 5.92 Å². The van der Waals surface area contributed by atoms with Gasteiger partial charge in [-0.2, -0.15) is 0 Å². The Kier molecular flexibility index (Phi) is 4.75. The average Bonchev–Trinajstić information content (AvgIpc) is 2.90. The highest BCUT2D eigenvalue weighted by Gasteiger charge is 2.16. The van der Waals surface area contributed by atoms with Crippen molar-refractivity contribution >= 4 is 5.91 Å². The third-order valence-corrected chi connectivity index (χ3v) is 3.53. The number of H-pyrrole nitrogens is 1. The van der Waals surface area contributed by atoms with Crippen LogP contribution in [0.5, 0.6) is 0 Å². The van der Waals surface area contributed by atoms with Gasteiger partial charge in [-0.05, 0) is 38.3 Å². The second kappa shape index (κ2) is 6.54. The second-order valence-corrected chi connectivity index (χ2v) is 5.04. The summed E-state index contributed by atoms with van der Waals surface area (Å²) in [6.07, 6.45) is 7.61. The predicted molar refractivity (Wildman–Crippen MR) is 69.9 cm³/mol. The van der Waals surface area contributed by atoms with Gasteiger partial charge in [0.15, 0.2) is 0 Å². The molecule has 0 radical (unpaired) electrons. The third kappa shape index (κ3) is 3.84. The van der Waals surface area contributed by atoms with Crippen LogP contribution in [0.25, 0.3) is 0 Å². The first kappa shape index (κ1) is 13.1. The van der Waals surface area contributed by atoms with Gasteiger partial charge in [0.25, 0.3) is 0 Å². The third-order valence-electron chi connectivity index (χ3n) is 3.53. The summed E-state index contributed by atoms with van der Waals surface area (Å²) in [4.78, 5) is 20.9. The summed E-state index contributed by atoms with van der Waals surface area (Å²) in [5, 5.41) is 3.38. The molecular formula is C13H22N4O. The van der Waals surface area contributed by atoms with Crippen LogP contribution in [0.15, 0.2) is 12.4 Å². The molecule has 0 spiro atoms. The van der Waals surface area contributed by atoms with Crippen LogP contribution in [0.3, 0.4) is 0 Å². The fourth-order valence-corrected chi connectivity index (χ4v) is 2.39. The van der Waals surface area contributed by atoms with Crippen LogP contribution < -0.4 is 5.32 Å². The number of hydrogen-bond donors (Lipinski definition) is 2. The molecule has 5 heteroatoms. The van der Waals surface area contributed by atoms with Crippen molar-refractivity contribution in [2.75, 3.05) is 20.1 Å². The van der Waals surface area contributed by atoms with Crippen LogP contribution in [0.4, 0.5) is 0 Å². The van der Waals surface area contributed by atoms with Crippen LogP contribution in [-0.2, 0) is 11.3 Å². The Labute approximate surface area is 108 Å². The van der Waals surface area contributed by atoms with Gasteiger partial charge >= 0.3 is 0 Å². The summed E-state index contributed by atoms with van der Waals surface area (Å²) < 4.78 is 0. The predicted octanol–water partition coefficient (Wildman–Crippen LogP) is 1.15. The number of nitrogens with one attached hydrogen (secondary N) is 2. The van der Waals surface area contributed by atoms with Crippen molar-refractivity contribution in [2.45, 2.75) is 32.2 Å². The van der Waals surface area contributed by atoms with Crippen molar-refractivity contribution in [3.05, 3.63) is 18.2 Å². The lowest BCUT2D eigenvalue weighted by Crippen LogP contribution is -2.31. The fraction of sp³-hybridized carbons (Fsp3) is 0.692. The van der Waals surface area contributed by atoms with Gasteiger partial charge in [-0.1, -0.05) is 0 Å². The van der Waals surface area contributed by atoms with E-state index in [2.05, 4.69) is 15.3 Å². The number of rotatable bonds is 5. The van der Waals surface area contributed by atoms with Gasteiger partial charge < -0.3 is 15.2 Å². The zero-order chi connectivity index (χ0) is 12.8. The Morgan fingerprint density at radius 3 is 3.17 bits per heavy atom. The number of imidazole rings is 1. The summed E-state index contributed by atoms with van der Waals surface area (Å²) in [7, 11) is 1.84. The first-order valence-corrected chi connectivity index (χ1v) is 6.68. The lowest BCUT2D eigenvalue weighted by atomic mass is 9.94. The van der Waals surface area contributed by atoms with Crippen LogP contribution in [0, 0.1) is 5.92 Å². The molecule has 1 aliphatic rings. The topological polar surface area (TPSA) is 61.0 Å². The largest absolute Gasteiger partial charge is 0.347 e. The molecule has 1 amide bonds. The smallest absolute Gasteiger partial charge is 0.222 e. The van der Waals surface area contributed by atoms with E-state index in [0.29, 0.717) is 18.9 Å². The lowest BCUT2D eigenvalue weighted by molar-refractivity contribution is -0.130. The molecule has 1 unspecified atom stereocenters. The minimum absolute atomic E-state index is 0.206. The number of carbonyl (C=O) groups is 1. The molecule has 1 aliphatic heterocycles. The van der Waals surface area contributed by atoms with E-state index in [9.17, 15) is 4.79 Å². The minimum atomic E-state index is 0.206. The number of nitrogens with zero attached hydrogens (tertiary/aromatic N) is 2. The van der Waals surface area contributed by atoms with Crippen molar-refractivity contribution in [1.82, 2.24) is 20.2 Å². The Bertz CT molecular complexity index is 357. The van der Waals surface area contributed by atoms with E-state index in [1.807, 2.05) is 7.05 Å². The van der Waals surface area contributed by atoms with E-state index in [-0.39, 0.29) is 5.91 Å². The van der Waals surface area contributed by atoms with Crippen molar-refractivity contribution in [3.63, 3.8) is 0 Å². The summed E-state index contributed by atoms with van der Waals surface area (Å²) in [6.45, 7) is 2.76. The van der Waals surface area contributed by atoms with E-state index in [0.717, 1.165) is 25.3 Å². The molecule has 1 saturated heterocycles. The number of hydrogen-bond acceptors (Lipinski definition) is 3. The molecule has 2 N–H and O–H groups in total. The number of aromatic amines is 1. The molecule has 2 heterocycles. The van der Waals surface area contributed by atoms with E-state index < -0.39 is 0 Å². The normalized spacial score (nSPS) is 19.7. The zero-order valence-electron chi connectivity index (χ0n) is 11.0. The van der Waals surface area contributed by atoms with Gasteiger partial charge in [-0.3, -0.25) is 4.79 Å². The maximum atomic E-state index is 12.0. The molecular weight excluding hydrogens is 228 g/mol. The molecule has 1 aromatic rings. The van der Waals surface area contributed by atoms with E-state index in [1.54, 1.807) is 17.3 Å². The molecule has 0 aliphatic carbocycles. The molecule has 0 aromatic carbocycles. The van der Waals surface area contributed by atoms with Crippen LogP contribution in [0.2, 0.25) is 0 Å². The maximum absolute atomic E-state index is 12.0. The lowest BCUT2D eigenvalue weighted by Gasteiger charge is -2.23. The van der Waals surface area contributed by atoms with Gasteiger partial charge in [-0.25, -0.2) is 4.98 Å². The SMILES string of the molecule is CN(Cc1ncc[nH]1)C(=O)CCC1CCCNC1. The molecule has 5 nitrogen and oxygen atoms in total. The van der Waals surface area contributed by atoms with Gasteiger partial charge in [0.05, 0.1) is 6.54 Å².